The number of halogens is 3. The number of hydroxylamine groups is 2. The van der Waals surface area contributed by atoms with Gasteiger partial charge < -0.3 is 4.74 Å². The van der Waals surface area contributed by atoms with Crippen LogP contribution in [0.1, 0.15) is 15.9 Å². The van der Waals surface area contributed by atoms with E-state index >= 15 is 0 Å². The molecule has 23 heavy (non-hydrogen) atoms. The molecule has 0 bridgehead atoms. The Kier molecular flexibility index (Phi) is 4.80. The van der Waals surface area contributed by atoms with Crippen LogP contribution in [-0.2, 0) is 11.0 Å². The highest BCUT2D eigenvalue weighted by Crippen LogP contribution is 2.31. The minimum Gasteiger partial charge on any atom is -0.437 e. The normalized spacial score (nSPS) is 11.2. The molecular weight excluding hydrogens is 315 g/mol. The van der Waals surface area contributed by atoms with E-state index in [4.69, 9.17) is 9.57 Å². The number of nitrogens with zero attached hydrogens (tertiary/aromatic N) is 3. The maximum absolute atomic E-state index is 12.5. The van der Waals surface area contributed by atoms with Gasteiger partial charge in [-0.3, -0.25) is 9.63 Å². The zero-order chi connectivity index (χ0) is 17.0. The van der Waals surface area contributed by atoms with Crippen molar-refractivity contribution in [1.29, 1.82) is 0 Å². The highest BCUT2D eigenvalue weighted by molar-refractivity contribution is 5.95. The first-order valence-electron chi connectivity index (χ1n) is 6.32. The first-order chi connectivity index (χ1) is 10.8. The Bertz CT molecular complexity index is 690. The summed E-state index contributed by atoms with van der Waals surface area (Å²) in [6.45, 7) is 0. The summed E-state index contributed by atoms with van der Waals surface area (Å²) in [7, 11) is 2.70. The monoisotopic (exact) mass is 327 g/mol. The largest absolute Gasteiger partial charge is 0.437 e. The summed E-state index contributed by atoms with van der Waals surface area (Å²) in [4.78, 5) is 16.9. The summed E-state index contributed by atoms with van der Waals surface area (Å²) < 4.78 is 42.9. The van der Waals surface area contributed by atoms with Crippen molar-refractivity contribution in [2.75, 3.05) is 14.2 Å². The van der Waals surface area contributed by atoms with Crippen LogP contribution in [0, 0.1) is 0 Å². The molecule has 0 saturated carbocycles. The van der Waals surface area contributed by atoms with Crippen LogP contribution in [0.25, 0.3) is 0 Å². The van der Waals surface area contributed by atoms with Gasteiger partial charge in [0.25, 0.3) is 11.8 Å². The molecular formula is C14H12F3N3O3. The standard InChI is InChI=1S/C14H12F3N3O3/c1-20(22-2)13(21)11-7-8-18-19-12(11)23-10-5-3-9(4-6-10)14(15,16)17/h3-8H,1-2H3. The molecule has 0 atom stereocenters. The van der Waals surface area contributed by atoms with Crippen molar-refractivity contribution in [3.8, 4) is 11.6 Å². The van der Waals surface area contributed by atoms with Crippen molar-refractivity contribution < 1.29 is 27.5 Å². The van der Waals surface area contributed by atoms with E-state index in [9.17, 15) is 18.0 Å². The Morgan fingerprint density at radius 3 is 2.39 bits per heavy atom. The Balaban J connectivity index is 2.25. The van der Waals surface area contributed by atoms with E-state index in [-0.39, 0.29) is 17.2 Å². The van der Waals surface area contributed by atoms with Crippen molar-refractivity contribution in [1.82, 2.24) is 15.3 Å². The Morgan fingerprint density at radius 1 is 1.17 bits per heavy atom. The fourth-order valence-corrected chi connectivity index (χ4v) is 1.63. The van der Waals surface area contributed by atoms with Crippen LogP contribution in [-0.4, -0.2) is 35.3 Å². The van der Waals surface area contributed by atoms with Gasteiger partial charge in [-0.25, -0.2) is 5.06 Å². The first-order valence-corrected chi connectivity index (χ1v) is 6.32. The molecule has 0 aliphatic heterocycles. The van der Waals surface area contributed by atoms with Gasteiger partial charge in [-0.2, -0.15) is 18.3 Å². The van der Waals surface area contributed by atoms with E-state index in [1.807, 2.05) is 0 Å². The molecule has 2 rings (SSSR count). The van der Waals surface area contributed by atoms with Crippen LogP contribution >= 0.6 is 0 Å². The zero-order valence-electron chi connectivity index (χ0n) is 12.2. The first kappa shape index (κ1) is 16.7. The lowest BCUT2D eigenvalue weighted by molar-refractivity contribution is -0.137. The minimum absolute atomic E-state index is 0.0595. The second kappa shape index (κ2) is 6.61. The molecule has 1 aromatic carbocycles. The van der Waals surface area contributed by atoms with Gasteiger partial charge in [0, 0.05) is 7.05 Å². The summed E-state index contributed by atoms with van der Waals surface area (Å²) in [5.74, 6) is -0.585. The van der Waals surface area contributed by atoms with Gasteiger partial charge in [0.05, 0.1) is 18.9 Å². The smallest absolute Gasteiger partial charge is 0.416 e. The van der Waals surface area contributed by atoms with E-state index in [0.29, 0.717) is 0 Å². The van der Waals surface area contributed by atoms with Crippen molar-refractivity contribution in [2.45, 2.75) is 6.18 Å². The number of hydrogen-bond donors (Lipinski definition) is 0. The van der Waals surface area contributed by atoms with Gasteiger partial charge >= 0.3 is 6.18 Å². The van der Waals surface area contributed by atoms with E-state index in [1.54, 1.807) is 0 Å². The number of aromatic nitrogens is 2. The summed E-state index contributed by atoms with van der Waals surface area (Å²) in [5.41, 5.74) is -0.747. The van der Waals surface area contributed by atoms with Crippen molar-refractivity contribution >= 4 is 5.91 Å². The van der Waals surface area contributed by atoms with Gasteiger partial charge in [0.1, 0.15) is 11.3 Å². The molecule has 1 heterocycles. The zero-order valence-corrected chi connectivity index (χ0v) is 12.2. The summed E-state index contributed by atoms with van der Waals surface area (Å²) in [5, 5.41) is 8.24. The number of amides is 1. The van der Waals surface area contributed by atoms with Gasteiger partial charge in [0.15, 0.2) is 0 Å². The fraction of sp³-hybridized carbons (Fsp3) is 0.214. The molecule has 0 aliphatic rings. The third-order valence-electron chi connectivity index (χ3n) is 2.87. The quantitative estimate of drug-likeness (QED) is 0.808. The molecule has 0 spiro atoms. The lowest BCUT2D eigenvalue weighted by atomic mass is 10.2. The Morgan fingerprint density at radius 2 is 1.83 bits per heavy atom. The Hall–Kier alpha value is -2.68. The predicted octanol–water partition coefficient (Wildman–Crippen LogP) is 2.92. The predicted molar refractivity (Wildman–Crippen MR) is 72.7 cm³/mol. The van der Waals surface area contributed by atoms with E-state index in [0.717, 1.165) is 29.3 Å². The Labute approximate surface area is 129 Å². The molecule has 122 valence electrons. The van der Waals surface area contributed by atoms with Crippen molar-refractivity contribution in [3.63, 3.8) is 0 Å². The van der Waals surface area contributed by atoms with E-state index in [2.05, 4.69) is 10.2 Å². The maximum atomic E-state index is 12.5. The molecule has 9 heteroatoms. The molecule has 2 aromatic rings. The van der Waals surface area contributed by atoms with Gasteiger partial charge in [0.2, 0.25) is 0 Å². The van der Waals surface area contributed by atoms with Gasteiger partial charge in [-0.1, -0.05) is 0 Å². The summed E-state index contributed by atoms with van der Waals surface area (Å²) in [6.07, 6.45) is -3.15. The topological polar surface area (TPSA) is 64.5 Å². The number of ether oxygens (including phenoxy) is 1. The van der Waals surface area contributed by atoms with Crippen molar-refractivity contribution in [3.05, 3.63) is 47.7 Å². The molecule has 0 radical (unpaired) electrons. The van der Waals surface area contributed by atoms with E-state index < -0.39 is 17.6 Å². The summed E-state index contributed by atoms with van der Waals surface area (Å²) in [6, 6.07) is 5.37. The minimum atomic E-state index is -4.44. The third-order valence-corrected chi connectivity index (χ3v) is 2.87. The fourth-order valence-electron chi connectivity index (χ4n) is 1.63. The van der Waals surface area contributed by atoms with Crippen molar-refractivity contribution in [2.24, 2.45) is 0 Å². The highest BCUT2D eigenvalue weighted by Gasteiger charge is 2.30. The summed E-state index contributed by atoms with van der Waals surface area (Å²) >= 11 is 0. The van der Waals surface area contributed by atoms with Crippen LogP contribution < -0.4 is 4.74 Å². The second-order valence-electron chi connectivity index (χ2n) is 4.36. The van der Waals surface area contributed by atoms with Gasteiger partial charge in [-0.15, -0.1) is 5.10 Å². The molecule has 0 N–H and O–H groups in total. The van der Waals surface area contributed by atoms with Crippen LogP contribution in [0.3, 0.4) is 0 Å². The number of alkyl halides is 3. The molecule has 1 aromatic heterocycles. The van der Waals surface area contributed by atoms with Crippen LogP contribution in [0.5, 0.6) is 11.6 Å². The molecule has 0 fully saturated rings. The lowest BCUT2D eigenvalue weighted by Gasteiger charge is -2.15. The second-order valence-corrected chi connectivity index (χ2v) is 4.36. The van der Waals surface area contributed by atoms with E-state index in [1.165, 1.54) is 26.4 Å². The van der Waals surface area contributed by atoms with Gasteiger partial charge in [-0.05, 0) is 30.3 Å². The highest BCUT2D eigenvalue weighted by atomic mass is 19.4. The number of rotatable bonds is 4. The number of carbonyl (C=O) groups excluding carboxylic acids is 1. The maximum Gasteiger partial charge on any atom is 0.416 e. The molecule has 0 unspecified atom stereocenters. The van der Waals surface area contributed by atoms with Crippen LogP contribution in [0.15, 0.2) is 36.5 Å². The average Bonchev–Trinajstić information content (AvgIpc) is 2.53. The SMILES string of the molecule is CON(C)C(=O)c1ccnnc1Oc1ccc(C(F)(F)F)cc1. The third kappa shape index (κ3) is 3.95. The number of hydrogen-bond acceptors (Lipinski definition) is 5. The number of carbonyl (C=O) groups is 1. The van der Waals surface area contributed by atoms with Crippen LogP contribution in [0.4, 0.5) is 13.2 Å². The molecule has 0 aliphatic carbocycles. The molecule has 1 amide bonds. The number of benzene rings is 1. The van der Waals surface area contributed by atoms with Crippen LogP contribution in [0.2, 0.25) is 0 Å². The lowest BCUT2D eigenvalue weighted by Crippen LogP contribution is -2.26. The molecule has 6 nitrogen and oxygen atoms in total. The average molecular weight is 327 g/mol. The molecule has 0 saturated heterocycles.